The summed E-state index contributed by atoms with van der Waals surface area (Å²) in [5.41, 5.74) is 5.67. The lowest BCUT2D eigenvalue weighted by atomic mass is 10.2. The molecular formula is C22H21N3O5S2. The molecule has 8 nitrogen and oxygen atoms in total. The summed E-state index contributed by atoms with van der Waals surface area (Å²) in [5.74, 6) is -0.400. The molecule has 3 amide bonds. The highest BCUT2D eigenvalue weighted by Crippen LogP contribution is 2.32. The van der Waals surface area contributed by atoms with Gasteiger partial charge < -0.3 is 9.47 Å². The highest BCUT2D eigenvalue weighted by Gasteiger charge is 2.33. The van der Waals surface area contributed by atoms with E-state index in [1.807, 2.05) is 31.2 Å². The minimum absolute atomic E-state index is 0.262. The molecule has 10 heteroatoms. The molecular weight excluding hydrogens is 450 g/mol. The summed E-state index contributed by atoms with van der Waals surface area (Å²) in [4.78, 5) is 38.9. The van der Waals surface area contributed by atoms with Gasteiger partial charge in [0.05, 0.1) is 24.2 Å². The topological polar surface area (TPSA) is 97.0 Å². The molecule has 3 rings (SSSR count). The number of hydrogen-bond acceptors (Lipinski definition) is 7. The molecule has 0 radical (unpaired) electrons. The lowest BCUT2D eigenvalue weighted by Crippen LogP contribution is -2.47. The molecule has 2 N–H and O–H groups in total. The van der Waals surface area contributed by atoms with Crippen molar-refractivity contribution < 1.29 is 23.9 Å². The van der Waals surface area contributed by atoms with E-state index in [-0.39, 0.29) is 22.3 Å². The van der Waals surface area contributed by atoms with Crippen molar-refractivity contribution in [3.05, 3.63) is 64.6 Å². The molecule has 2 aromatic rings. The highest BCUT2D eigenvalue weighted by atomic mass is 32.2. The Kier molecular flexibility index (Phi) is 7.85. The molecule has 2 aromatic carbocycles. The number of nitrogens with one attached hydrogen (secondary N) is 2. The number of para-hydroxylation sites is 1. The normalized spacial score (nSPS) is 14.4. The molecule has 1 heterocycles. The molecule has 1 saturated heterocycles. The molecule has 0 unspecified atom stereocenters. The van der Waals surface area contributed by atoms with Gasteiger partial charge in [-0.3, -0.25) is 30.1 Å². The Morgan fingerprint density at radius 3 is 2.53 bits per heavy atom. The maximum atomic E-state index is 12.7. The zero-order chi connectivity index (χ0) is 23.1. The van der Waals surface area contributed by atoms with Crippen LogP contribution in [0.4, 0.5) is 0 Å². The summed E-state index contributed by atoms with van der Waals surface area (Å²) in [6.07, 6.45) is 1.70. The first kappa shape index (κ1) is 23.3. The number of carbonyl (C=O) groups is 3. The van der Waals surface area contributed by atoms with Crippen molar-refractivity contribution in [1.82, 2.24) is 15.8 Å². The zero-order valence-corrected chi connectivity index (χ0v) is 19.0. The van der Waals surface area contributed by atoms with E-state index < -0.39 is 11.8 Å². The zero-order valence-electron chi connectivity index (χ0n) is 17.4. The van der Waals surface area contributed by atoms with E-state index in [1.54, 1.807) is 30.3 Å². The first-order chi connectivity index (χ1) is 15.4. The van der Waals surface area contributed by atoms with E-state index in [4.69, 9.17) is 21.7 Å². The highest BCUT2D eigenvalue weighted by molar-refractivity contribution is 8.26. The lowest BCUT2D eigenvalue weighted by molar-refractivity contribution is -0.129. The summed E-state index contributed by atoms with van der Waals surface area (Å²) in [6.45, 7) is 2.15. The molecule has 0 spiro atoms. The van der Waals surface area contributed by atoms with Crippen LogP contribution in [0.25, 0.3) is 6.08 Å². The number of benzene rings is 2. The van der Waals surface area contributed by atoms with E-state index >= 15 is 0 Å². The average molecular weight is 472 g/mol. The average Bonchev–Trinajstić information content (AvgIpc) is 3.06. The van der Waals surface area contributed by atoms with Gasteiger partial charge in [0, 0.05) is 0 Å². The van der Waals surface area contributed by atoms with Crippen LogP contribution >= 0.6 is 24.0 Å². The van der Waals surface area contributed by atoms with Crippen molar-refractivity contribution in [3.63, 3.8) is 0 Å². The molecule has 0 aromatic heterocycles. The molecule has 0 saturated carbocycles. The number of thiocarbonyl (C=S) groups is 1. The Hall–Kier alpha value is -3.37. The molecule has 32 heavy (non-hydrogen) atoms. The van der Waals surface area contributed by atoms with Crippen LogP contribution in [-0.2, 0) is 9.59 Å². The predicted molar refractivity (Wildman–Crippen MR) is 126 cm³/mol. The van der Waals surface area contributed by atoms with E-state index in [0.29, 0.717) is 17.3 Å². The maximum absolute atomic E-state index is 12.7. The summed E-state index contributed by atoms with van der Waals surface area (Å²) in [7, 11) is 1.45. The second-order valence-electron chi connectivity index (χ2n) is 6.47. The molecule has 0 atom stereocenters. The predicted octanol–water partition coefficient (Wildman–Crippen LogP) is 2.76. The Bertz CT molecular complexity index is 1070. The van der Waals surface area contributed by atoms with Crippen molar-refractivity contribution in [2.45, 2.75) is 6.92 Å². The van der Waals surface area contributed by atoms with Crippen LogP contribution in [0.3, 0.4) is 0 Å². The lowest BCUT2D eigenvalue weighted by Gasteiger charge is -2.15. The third kappa shape index (κ3) is 5.65. The Morgan fingerprint density at radius 1 is 1.12 bits per heavy atom. The third-order valence-corrected chi connectivity index (χ3v) is 5.71. The van der Waals surface area contributed by atoms with Crippen molar-refractivity contribution in [1.29, 1.82) is 0 Å². The molecule has 0 bridgehead atoms. The molecule has 1 fully saturated rings. The number of amides is 3. The molecule has 1 aliphatic rings. The minimum Gasteiger partial charge on any atom is -0.496 e. The van der Waals surface area contributed by atoms with Crippen LogP contribution in [0.2, 0.25) is 0 Å². The van der Waals surface area contributed by atoms with Crippen LogP contribution in [0.5, 0.6) is 11.5 Å². The number of carbonyl (C=O) groups excluding carboxylic acids is 3. The second kappa shape index (κ2) is 10.8. The number of thioether (sulfide) groups is 1. The Balaban J connectivity index is 1.58. The smallest absolute Gasteiger partial charge is 0.273 e. The monoisotopic (exact) mass is 471 g/mol. The Morgan fingerprint density at radius 2 is 1.84 bits per heavy atom. The number of nitrogens with zero attached hydrogens (tertiary/aromatic N) is 1. The molecule has 0 aliphatic carbocycles. The van der Waals surface area contributed by atoms with Gasteiger partial charge in [-0.05, 0) is 42.8 Å². The fraction of sp³-hybridized carbons (Fsp3) is 0.182. The van der Waals surface area contributed by atoms with E-state index in [1.165, 1.54) is 12.0 Å². The number of rotatable bonds is 7. The van der Waals surface area contributed by atoms with Gasteiger partial charge in [0.25, 0.3) is 17.7 Å². The van der Waals surface area contributed by atoms with Gasteiger partial charge in [-0.25, -0.2) is 0 Å². The van der Waals surface area contributed by atoms with Crippen LogP contribution in [0.1, 0.15) is 22.8 Å². The van der Waals surface area contributed by atoms with Crippen LogP contribution < -0.4 is 20.3 Å². The Labute approximate surface area is 194 Å². The number of methoxy groups -OCH3 is 1. The third-order valence-electron chi connectivity index (χ3n) is 4.33. The van der Waals surface area contributed by atoms with E-state index in [0.717, 1.165) is 23.1 Å². The molecule has 166 valence electrons. The fourth-order valence-electron chi connectivity index (χ4n) is 2.82. The SMILES string of the molecule is CCOc1ccc(C=C2SC(=S)N(CC(=O)NNC(=O)c3ccccc3OC)C2=O)cc1. The van der Waals surface area contributed by atoms with Crippen molar-refractivity contribution in [3.8, 4) is 11.5 Å². The van der Waals surface area contributed by atoms with E-state index in [2.05, 4.69) is 10.9 Å². The van der Waals surface area contributed by atoms with Crippen molar-refractivity contribution in [2.24, 2.45) is 0 Å². The fourth-order valence-corrected chi connectivity index (χ4v) is 4.08. The minimum atomic E-state index is -0.591. The summed E-state index contributed by atoms with van der Waals surface area (Å²) < 4.78 is 10.8. The number of hydrazine groups is 1. The van der Waals surface area contributed by atoms with Gasteiger partial charge in [-0.15, -0.1) is 0 Å². The van der Waals surface area contributed by atoms with Crippen LogP contribution in [-0.4, -0.2) is 47.2 Å². The van der Waals surface area contributed by atoms with Crippen LogP contribution in [0, 0.1) is 0 Å². The first-order valence-corrected chi connectivity index (χ1v) is 10.9. The maximum Gasteiger partial charge on any atom is 0.273 e. The number of hydrogen-bond donors (Lipinski definition) is 2. The summed E-state index contributed by atoms with van der Waals surface area (Å²) >= 11 is 6.37. The van der Waals surface area contributed by atoms with Crippen molar-refractivity contribution in [2.75, 3.05) is 20.3 Å². The van der Waals surface area contributed by atoms with Gasteiger partial charge in [0.2, 0.25) is 0 Å². The standard InChI is InChI=1S/C22H21N3O5S2/c1-3-30-15-10-8-14(9-11-15)12-18-21(28)25(22(31)32-18)13-19(26)23-24-20(27)16-6-4-5-7-17(16)29-2/h4-12H,3,13H2,1-2H3,(H,23,26)(H,24,27). The number of ether oxygens (including phenoxy) is 2. The van der Waals surface area contributed by atoms with Gasteiger partial charge in [0.15, 0.2) is 0 Å². The largest absolute Gasteiger partial charge is 0.496 e. The van der Waals surface area contributed by atoms with E-state index in [9.17, 15) is 14.4 Å². The van der Waals surface area contributed by atoms with Gasteiger partial charge in [0.1, 0.15) is 22.4 Å². The molecule has 1 aliphatic heterocycles. The van der Waals surface area contributed by atoms with Gasteiger partial charge >= 0.3 is 0 Å². The summed E-state index contributed by atoms with van der Waals surface area (Å²) in [5, 5.41) is 0. The summed E-state index contributed by atoms with van der Waals surface area (Å²) in [6, 6.07) is 13.9. The van der Waals surface area contributed by atoms with Gasteiger partial charge in [-0.2, -0.15) is 0 Å². The second-order valence-corrected chi connectivity index (χ2v) is 8.15. The van der Waals surface area contributed by atoms with Gasteiger partial charge in [-0.1, -0.05) is 48.2 Å². The van der Waals surface area contributed by atoms with Crippen molar-refractivity contribution >= 4 is 52.1 Å². The first-order valence-electron chi connectivity index (χ1n) is 9.63. The van der Waals surface area contributed by atoms with Crippen LogP contribution in [0.15, 0.2) is 53.4 Å². The quantitative estimate of drug-likeness (QED) is 0.364.